The van der Waals surface area contributed by atoms with Crippen LogP contribution >= 0.6 is 0 Å². The highest BCUT2D eigenvalue weighted by Gasteiger charge is 2.28. The first kappa shape index (κ1) is 31.9. The first-order chi connectivity index (χ1) is 23.4. The van der Waals surface area contributed by atoms with Gasteiger partial charge in [-0.25, -0.2) is 0 Å². The van der Waals surface area contributed by atoms with Crippen molar-refractivity contribution in [2.24, 2.45) is 0 Å². The van der Waals surface area contributed by atoms with Crippen molar-refractivity contribution in [3.8, 4) is 0 Å². The summed E-state index contributed by atoms with van der Waals surface area (Å²) in [5.74, 6) is -0.638. The number of anilines is 2. The quantitative estimate of drug-likeness (QED) is 0.160. The maximum atomic E-state index is 13.4. The summed E-state index contributed by atoms with van der Waals surface area (Å²) in [6.07, 6.45) is 8.69. The lowest BCUT2D eigenvalue weighted by atomic mass is 9.99. The van der Waals surface area contributed by atoms with E-state index < -0.39 is 5.91 Å². The molecule has 1 aliphatic heterocycles. The molecule has 2 amide bonds. The monoisotopic (exact) mass is 636 g/mol. The van der Waals surface area contributed by atoms with E-state index in [0.29, 0.717) is 17.8 Å². The SMILES string of the molecule is CN(C)Cc1ccc(N/C(=C2\C(=O)Nc3cc(/C=C/CNC(=O)c4cccn(Cc5cccnc5)c4=O)ccc32)c2ccccc2)cc1. The molecule has 240 valence electrons. The summed E-state index contributed by atoms with van der Waals surface area (Å²) >= 11 is 0. The topological polar surface area (TPSA) is 108 Å². The molecule has 5 aromatic rings. The third kappa shape index (κ3) is 7.49. The Labute approximate surface area is 279 Å². The first-order valence-electron chi connectivity index (χ1n) is 15.6. The molecule has 9 nitrogen and oxygen atoms in total. The fourth-order valence-corrected chi connectivity index (χ4v) is 5.59. The Morgan fingerprint density at radius 2 is 1.73 bits per heavy atom. The summed E-state index contributed by atoms with van der Waals surface area (Å²) in [4.78, 5) is 45.4. The van der Waals surface area contributed by atoms with Crippen LogP contribution in [0.15, 0.2) is 127 Å². The Morgan fingerprint density at radius 3 is 2.48 bits per heavy atom. The number of benzene rings is 3. The van der Waals surface area contributed by atoms with E-state index in [0.717, 1.165) is 40.2 Å². The molecule has 0 unspecified atom stereocenters. The summed E-state index contributed by atoms with van der Waals surface area (Å²) in [6.45, 7) is 1.39. The summed E-state index contributed by atoms with van der Waals surface area (Å²) in [5, 5.41) is 9.34. The van der Waals surface area contributed by atoms with Crippen LogP contribution in [0.2, 0.25) is 0 Å². The zero-order valence-electron chi connectivity index (χ0n) is 26.8. The minimum atomic E-state index is -0.450. The zero-order valence-corrected chi connectivity index (χ0v) is 26.8. The maximum Gasteiger partial charge on any atom is 0.263 e. The fourth-order valence-electron chi connectivity index (χ4n) is 5.59. The van der Waals surface area contributed by atoms with Crippen LogP contribution in [0, 0.1) is 0 Å². The van der Waals surface area contributed by atoms with E-state index >= 15 is 0 Å². The van der Waals surface area contributed by atoms with E-state index in [1.54, 1.807) is 36.8 Å². The van der Waals surface area contributed by atoms with Gasteiger partial charge in [-0.15, -0.1) is 0 Å². The highest BCUT2D eigenvalue weighted by Crippen LogP contribution is 2.38. The third-order valence-electron chi connectivity index (χ3n) is 7.85. The largest absolute Gasteiger partial charge is 0.354 e. The van der Waals surface area contributed by atoms with E-state index in [1.807, 2.05) is 86.9 Å². The lowest BCUT2D eigenvalue weighted by molar-refractivity contribution is -0.110. The summed E-state index contributed by atoms with van der Waals surface area (Å²) in [6, 6.07) is 30.7. The average molecular weight is 637 g/mol. The Kier molecular flexibility index (Phi) is 9.69. The number of hydrogen-bond acceptors (Lipinski definition) is 6. The molecule has 3 heterocycles. The molecule has 0 bridgehead atoms. The second-order valence-corrected chi connectivity index (χ2v) is 11.8. The normalized spacial score (nSPS) is 13.4. The summed E-state index contributed by atoms with van der Waals surface area (Å²) < 4.78 is 1.49. The molecule has 0 fully saturated rings. The lowest BCUT2D eigenvalue weighted by Crippen LogP contribution is -2.33. The van der Waals surface area contributed by atoms with Crippen LogP contribution in [-0.4, -0.2) is 46.9 Å². The molecule has 0 saturated carbocycles. The van der Waals surface area contributed by atoms with Gasteiger partial charge in [0.2, 0.25) is 0 Å². The van der Waals surface area contributed by atoms with Crippen LogP contribution < -0.4 is 21.5 Å². The van der Waals surface area contributed by atoms with Gasteiger partial charge in [0, 0.05) is 48.6 Å². The number of carbonyl (C=O) groups excluding carboxylic acids is 2. The highest BCUT2D eigenvalue weighted by atomic mass is 16.2. The molecule has 0 atom stereocenters. The molecule has 1 aliphatic rings. The van der Waals surface area contributed by atoms with Crippen LogP contribution in [0.1, 0.15) is 38.2 Å². The zero-order chi connectivity index (χ0) is 33.5. The lowest BCUT2D eigenvalue weighted by Gasteiger charge is -2.16. The molecule has 2 aromatic heterocycles. The van der Waals surface area contributed by atoms with Gasteiger partial charge in [-0.1, -0.05) is 72.8 Å². The van der Waals surface area contributed by atoms with E-state index in [2.05, 4.69) is 38.0 Å². The molecule has 9 heteroatoms. The number of amides is 2. The molecule has 0 aliphatic carbocycles. The van der Waals surface area contributed by atoms with Gasteiger partial charge in [-0.05, 0) is 72.7 Å². The van der Waals surface area contributed by atoms with E-state index in [-0.39, 0.29) is 23.6 Å². The number of pyridine rings is 2. The molecule has 0 radical (unpaired) electrons. The molecule has 48 heavy (non-hydrogen) atoms. The second kappa shape index (κ2) is 14.6. The molecule has 6 rings (SSSR count). The Bertz CT molecular complexity index is 2050. The number of carbonyl (C=O) groups is 2. The molecular weight excluding hydrogens is 600 g/mol. The minimum Gasteiger partial charge on any atom is -0.354 e. The molecule has 0 spiro atoms. The van der Waals surface area contributed by atoms with E-state index in [9.17, 15) is 14.4 Å². The predicted molar refractivity (Wildman–Crippen MR) is 191 cm³/mol. The van der Waals surface area contributed by atoms with E-state index in [4.69, 9.17) is 0 Å². The van der Waals surface area contributed by atoms with Crippen molar-refractivity contribution in [2.75, 3.05) is 31.3 Å². The Hall–Kier alpha value is -6.06. The molecule has 3 N–H and O–H groups in total. The highest BCUT2D eigenvalue weighted by molar-refractivity contribution is 6.37. The van der Waals surface area contributed by atoms with Gasteiger partial charge in [0.1, 0.15) is 5.56 Å². The second-order valence-electron chi connectivity index (χ2n) is 11.8. The molecular formula is C39H36N6O3. The number of nitrogens with zero attached hydrogens (tertiary/aromatic N) is 3. The number of hydrogen-bond donors (Lipinski definition) is 3. The van der Waals surface area contributed by atoms with Crippen molar-refractivity contribution in [1.82, 2.24) is 19.8 Å². The van der Waals surface area contributed by atoms with E-state index in [1.165, 1.54) is 16.2 Å². The van der Waals surface area contributed by atoms with Crippen LogP contribution in [0.25, 0.3) is 17.3 Å². The summed E-state index contributed by atoms with van der Waals surface area (Å²) in [5.41, 5.74) is 7.19. The van der Waals surface area contributed by atoms with Crippen molar-refractivity contribution >= 4 is 40.5 Å². The van der Waals surface area contributed by atoms with Crippen molar-refractivity contribution < 1.29 is 9.59 Å². The van der Waals surface area contributed by atoms with Crippen LogP contribution in [0.3, 0.4) is 0 Å². The van der Waals surface area contributed by atoms with Gasteiger partial charge in [0.25, 0.3) is 17.4 Å². The van der Waals surface area contributed by atoms with Crippen molar-refractivity contribution in [3.05, 3.63) is 165 Å². The predicted octanol–water partition coefficient (Wildman–Crippen LogP) is 5.73. The van der Waals surface area contributed by atoms with Crippen molar-refractivity contribution in [3.63, 3.8) is 0 Å². The fraction of sp³-hybridized carbons (Fsp3) is 0.128. The smallest absolute Gasteiger partial charge is 0.263 e. The van der Waals surface area contributed by atoms with Gasteiger partial charge in [-0.3, -0.25) is 19.4 Å². The van der Waals surface area contributed by atoms with Crippen molar-refractivity contribution in [1.29, 1.82) is 0 Å². The average Bonchev–Trinajstić information content (AvgIpc) is 3.42. The Balaban J connectivity index is 1.17. The number of rotatable bonds is 11. The number of fused-ring (bicyclic) bond motifs is 1. The van der Waals surface area contributed by atoms with Crippen LogP contribution in [-0.2, 0) is 17.9 Å². The number of aromatic nitrogens is 2. The molecule has 3 aromatic carbocycles. The number of nitrogens with one attached hydrogen (secondary N) is 3. The van der Waals surface area contributed by atoms with Crippen molar-refractivity contribution in [2.45, 2.75) is 13.1 Å². The van der Waals surface area contributed by atoms with Gasteiger partial charge in [0.05, 0.1) is 17.8 Å². The standard InChI is InChI=1S/C39H36N6O3/c1-44(2)25-28-14-17-31(18-15-28)42-36(30-11-4-3-5-12-30)35-32-19-16-27(23-34(32)43-38(35)47)9-7-21-41-37(46)33-13-8-22-45(39(33)48)26-29-10-6-20-40-24-29/h3-20,22-24,42H,21,25-26H2,1-2H3,(H,41,46)(H,43,47)/b9-7+,36-35-. The van der Waals surface area contributed by atoms with Gasteiger partial charge >= 0.3 is 0 Å². The Morgan fingerprint density at radius 1 is 0.917 bits per heavy atom. The first-order valence-corrected chi connectivity index (χ1v) is 15.6. The van der Waals surface area contributed by atoms with Gasteiger partial charge in [-0.2, -0.15) is 0 Å². The third-order valence-corrected chi connectivity index (χ3v) is 7.85. The maximum absolute atomic E-state index is 13.4. The van der Waals surface area contributed by atoms with Gasteiger partial charge < -0.3 is 25.4 Å². The molecule has 0 saturated heterocycles. The van der Waals surface area contributed by atoms with Gasteiger partial charge in [0.15, 0.2) is 0 Å². The van der Waals surface area contributed by atoms with Crippen LogP contribution in [0.5, 0.6) is 0 Å². The minimum absolute atomic E-state index is 0.0710. The summed E-state index contributed by atoms with van der Waals surface area (Å²) in [7, 11) is 4.07. The van der Waals surface area contributed by atoms with Crippen LogP contribution in [0.4, 0.5) is 11.4 Å².